The van der Waals surface area contributed by atoms with Crippen LogP contribution in [0, 0.1) is 11.8 Å². The smallest absolute Gasteiger partial charge is 0.263 e. The van der Waals surface area contributed by atoms with E-state index in [0.717, 1.165) is 23.5 Å². The second-order valence-corrected chi connectivity index (χ2v) is 7.96. The normalized spacial score (nSPS) is 29.2. The minimum atomic E-state index is -0.00736. The molecule has 0 radical (unpaired) electrons. The highest BCUT2D eigenvalue weighted by Gasteiger charge is 2.40. The standard InChI is InChI=1S/C18H22N4OS/c19-13-8-11-4-3-5-12(9-13)16(11)22-17(23)15-10-21-18(24-15)14-6-1-2-7-20-14/h1-2,6-7,10-13,16H,3-5,8-9,19H2,(H,22,23). The SMILES string of the molecule is NC1CC2CCCC(C1)C2NC(=O)c1cnc(-c2ccccn2)s1. The largest absolute Gasteiger partial charge is 0.348 e. The summed E-state index contributed by atoms with van der Waals surface area (Å²) in [5.74, 6) is 1.05. The van der Waals surface area contributed by atoms with E-state index in [4.69, 9.17) is 5.73 Å². The maximum Gasteiger partial charge on any atom is 0.263 e. The van der Waals surface area contributed by atoms with Crippen molar-refractivity contribution < 1.29 is 4.79 Å². The topological polar surface area (TPSA) is 80.9 Å². The zero-order valence-corrected chi connectivity index (χ0v) is 14.3. The number of pyridine rings is 1. The molecule has 2 unspecified atom stereocenters. The van der Waals surface area contributed by atoms with Crippen LogP contribution in [0.3, 0.4) is 0 Å². The molecule has 2 aliphatic rings. The number of carbonyl (C=O) groups excluding carboxylic acids is 1. The molecule has 2 aromatic rings. The zero-order chi connectivity index (χ0) is 16.5. The first kappa shape index (κ1) is 15.7. The molecule has 2 bridgehead atoms. The Morgan fingerprint density at radius 1 is 1.21 bits per heavy atom. The lowest BCUT2D eigenvalue weighted by Crippen LogP contribution is -2.53. The summed E-state index contributed by atoms with van der Waals surface area (Å²) in [7, 11) is 0. The quantitative estimate of drug-likeness (QED) is 0.899. The number of thiazole rings is 1. The molecule has 4 rings (SSSR count). The first-order chi connectivity index (χ1) is 11.7. The number of nitrogens with zero attached hydrogens (tertiary/aromatic N) is 2. The van der Waals surface area contributed by atoms with Crippen molar-refractivity contribution in [3.8, 4) is 10.7 Å². The van der Waals surface area contributed by atoms with E-state index in [1.165, 1.54) is 30.6 Å². The van der Waals surface area contributed by atoms with E-state index in [9.17, 15) is 4.79 Å². The number of hydrogen-bond donors (Lipinski definition) is 2. The molecule has 2 saturated carbocycles. The Bertz CT molecular complexity index is 703. The molecule has 1 amide bonds. The fourth-order valence-corrected chi connectivity index (χ4v) is 5.03. The van der Waals surface area contributed by atoms with E-state index in [0.29, 0.717) is 22.8 Å². The molecule has 0 spiro atoms. The van der Waals surface area contributed by atoms with Gasteiger partial charge in [0.2, 0.25) is 0 Å². The van der Waals surface area contributed by atoms with E-state index >= 15 is 0 Å². The molecule has 126 valence electrons. The molecule has 2 heterocycles. The molecule has 2 fully saturated rings. The Morgan fingerprint density at radius 2 is 2.00 bits per heavy atom. The fraction of sp³-hybridized carbons (Fsp3) is 0.500. The van der Waals surface area contributed by atoms with Gasteiger partial charge in [-0.1, -0.05) is 12.5 Å². The number of nitrogens with one attached hydrogen (secondary N) is 1. The summed E-state index contributed by atoms with van der Waals surface area (Å²) >= 11 is 1.40. The molecule has 2 atom stereocenters. The van der Waals surface area contributed by atoms with Crippen LogP contribution in [0.2, 0.25) is 0 Å². The van der Waals surface area contributed by atoms with Crippen LogP contribution in [0.1, 0.15) is 41.8 Å². The number of aromatic nitrogens is 2. The van der Waals surface area contributed by atoms with E-state index in [1.807, 2.05) is 18.2 Å². The van der Waals surface area contributed by atoms with Crippen LogP contribution in [0.4, 0.5) is 0 Å². The summed E-state index contributed by atoms with van der Waals surface area (Å²) in [6.45, 7) is 0. The number of amides is 1. The number of rotatable bonds is 3. The molecular formula is C18H22N4OS. The Balaban J connectivity index is 1.48. The first-order valence-electron chi connectivity index (χ1n) is 8.64. The number of nitrogens with two attached hydrogens (primary N) is 1. The molecule has 2 aliphatic carbocycles. The minimum absolute atomic E-state index is 0.00736. The number of hydrogen-bond acceptors (Lipinski definition) is 5. The summed E-state index contributed by atoms with van der Waals surface area (Å²) in [6.07, 6.45) is 9.08. The third kappa shape index (κ3) is 3.08. The van der Waals surface area contributed by atoms with Gasteiger partial charge >= 0.3 is 0 Å². The van der Waals surface area contributed by atoms with E-state index in [-0.39, 0.29) is 11.9 Å². The summed E-state index contributed by atoms with van der Waals surface area (Å²) in [6, 6.07) is 6.28. The molecule has 5 nitrogen and oxygen atoms in total. The molecule has 2 aromatic heterocycles. The van der Waals surface area contributed by atoms with Gasteiger partial charge in [0.1, 0.15) is 9.88 Å². The van der Waals surface area contributed by atoms with Gasteiger partial charge in [0.25, 0.3) is 5.91 Å². The maximum absolute atomic E-state index is 12.7. The van der Waals surface area contributed by atoms with Gasteiger partial charge in [-0.25, -0.2) is 4.98 Å². The Morgan fingerprint density at radius 3 is 2.71 bits per heavy atom. The molecule has 3 N–H and O–H groups in total. The predicted molar refractivity (Wildman–Crippen MR) is 94.6 cm³/mol. The molecule has 6 heteroatoms. The van der Waals surface area contributed by atoms with Gasteiger partial charge in [-0.05, 0) is 49.7 Å². The van der Waals surface area contributed by atoms with Gasteiger partial charge in [0, 0.05) is 18.3 Å². The lowest BCUT2D eigenvalue weighted by atomic mass is 9.67. The maximum atomic E-state index is 12.7. The van der Waals surface area contributed by atoms with Crippen molar-refractivity contribution in [2.45, 2.75) is 44.2 Å². The summed E-state index contributed by atoms with van der Waals surface area (Å²) in [5.41, 5.74) is 6.98. The summed E-state index contributed by atoms with van der Waals surface area (Å²) < 4.78 is 0. The Hall–Kier alpha value is -1.79. The van der Waals surface area contributed by atoms with Crippen LogP contribution in [0.15, 0.2) is 30.6 Å². The van der Waals surface area contributed by atoms with E-state index in [2.05, 4.69) is 15.3 Å². The zero-order valence-electron chi connectivity index (χ0n) is 13.5. The molecular weight excluding hydrogens is 320 g/mol. The van der Waals surface area contributed by atoms with E-state index < -0.39 is 0 Å². The van der Waals surface area contributed by atoms with Gasteiger partial charge in [-0.15, -0.1) is 11.3 Å². The lowest BCUT2D eigenvalue weighted by Gasteiger charge is -2.45. The van der Waals surface area contributed by atoms with Crippen LogP contribution in [-0.2, 0) is 0 Å². The van der Waals surface area contributed by atoms with Gasteiger partial charge in [-0.3, -0.25) is 9.78 Å². The average Bonchev–Trinajstić information content (AvgIpc) is 3.07. The second kappa shape index (κ2) is 6.61. The predicted octanol–water partition coefficient (Wildman–Crippen LogP) is 2.84. The Labute approximate surface area is 145 Å². The highest BCUT2D eigenvalue weighted by Crippen LogP contribution is 2.39. The van der Waals surface area contributed by atoms with Crippen molar-refractivity contribution in [3.05, 3.63) is 35.5 Å². The molecule has 0 aliphatic heterocycles. The fourth-order valence-electron chi connectivity index (χ4n) is 4.23. The van der Waals surface area contributed by atoms with Crippen LogP contribution >= 0.6 is 11.3 Å². The van der Waals surface area contributed by atoms with Crippen molar-refractivity contribution in [1.29, 1.82) is 0 Å². The van der Waals surface area contributed by atoms with Crippen LogP contribution < -0.4 is 11.1 Å². The van der Waals surface area contributed by atoms with Crippen LogP contribution in [0.5, 0.6) is 0 Å². The van der Waals surface area contributed by atoms with Crippen molar-refractivity contribution in [3.63, 3.8) is 0 Å². The lowest BCUT2D eigenvalue weighted by molar-refractivity contribution is 0.0759. The highest BCUT2D eigenvalue weighted by atomic mass is 32.1. The molecule has 0 aromatic carbocycles. The third-order valence-electron chi connectivity index (χ3n) is 5.29. The number of fused-ring (bicyclic) bond motifs is 2. The molecule has 0 saturated heterocycles. The number of carbonyl (C=O) groups is 1. The van der Waals surface area contributed by atoms with Gasteiger partial charge < -0.3 is 11.1 Å². The Kier molecular flexibility index (Phi) is 4.33. The third-order valence-corrected chi connectivity index (χ3v) is 6.31. The van der Waals surface area contributed by atoms with Crippen LogP contribution in [-0.4, -0.2) is 28.0 Å². The molecule has 24 heavy (non-hydrogen) atoms. The summed E-state index contributed by atoms with van der Waals surface area (Å²) in [4.78, 5) is 22.0. The van der Waals surface area contributed by atoms with Crippen molar-refractivity contribution in [2.24, 2.45) is 17.6 Å². The van der Waals surface area contributed by atoms with E-state index in [1.54, 1.807) is 12.4 Å². The highest BCUT2D eigenvalue weighted by molar-refractivity contribution is 7.16. The average molecular weight is 342 g/mol. The minimum Gasteiger partial charge on any atom is -0.348 e. The van der Waals surface area contributed by atoms with Gasteiger partial charge in [0.05, 0.1) is 11.9 Å². The van der Waals surface area contributed by atoms with Gasteiger partial charge in [-0.2, -0.15) is 0 Å². The van der Waals surface area contributed by atoms with Crippen molar-refractivity contribution in [1.82, 2.24) is 15.3 Å². The van der Waals surface area contributed by atoms with Crippen molar-refractivity contribution in [2.75, 3.05) is 0 Å². The monoisotopic (exact) mass is 342 g/mol. The van der Waals surface area contributed by atoms with Gasteiger partial charge in [0.15, 0.2) is 0 Å². The van der Waals surface area contributed by atoms with Crippen molar-refractivity contribution >= 4 is 17.2 Å². The summed E-state index contributed by atoms with van der Waals surface area (Å²) in [5, 5.41) is 4.06. The second-order valence-electron chi connectivity index (χ2n) is 6.93. The first-order valence-corrected chi connectivity index (χ1v) is 9.46. The van der Waals surface area contributed by atoms with Crippen LogP contribution in [0.25, 0.3) is 10.7 Å².